The van der Waals surface area contributed by atoms with E-state index >= 15 is 0 Å². The number of nitrogens with one attached hydrogen (secondary N) is 2. The van der Waals surface area contributed by atoms with Gasteiger partial charge in [-0.25, -0.2) is 5.43 Å². The molecule has 3 aromatic rings. The van der Waals surface area contributed by atoms with E-state index < -0.39 is 0 Å². The first-order valence-electron chi connectivity index (χ1n) is 7.36. The predicted molar refractivity (Wildman–Crippen MR) is 98.6 cm³/mol. The average molecular weight is 386 g/mol. The van der Waals surface area contributed by atoms with Crippen LogP contribution >= 0.6 is 15.9 Å². The van der Waals surface area contributed by atoms with E-state index in [1.165, 1.54) is 6.21 Å². The number of hydrogen-bond donors (Lipinski definition) is 3. The van der Waals surface area contributed by atoms with Crippen molar-refractivity contribution >= 4 is 39.0 Å². The molecule has 0 bridgehead atoms. The van der Waals surface area contributed by atoms with Gasteiger partial charge in [-0.05, 0) is 49.7 Å². The van der Waals surface area contributed by atoms with E-state index in [-0.39, 0.29) is 11.7 Å². The second kappa shape index (κ2) is 6.49. The number of benzene rings is 2. The molecule has 0 fully saturated rings. The molecular formula is C18H16BrN3O2. The van der Waals surface area contributed by atoms with Gasteiger partial charge >= 0.3 is 0 Å². The molecule has 1 heterocycles. The summed E-state index contributed by atoms with van der Waals surface area (Å²) in [5, 5.41) is 14.7. The maximum absolute atomic E-state index is 12.3. The van der Waals surface area contributed by atoms with Crippen LogP contribution in [0.25, 0.3) is 10.9 Å². The van der Waals surface area contributed by atoms with Crippen LogP contribution in [-0.4, -0.2) is 22.2 Å². The number of H-pyrrole nitrogens is 1. The van der Waals surface area contributed by atoms with Gasteiger partial charge in [-0.3, -0.25) is 4.79 Å². The highest BCUT2D eigenvalue weighted by molar-refractivity contribution is 9.10. The summed E-state index contributed by atoms with van der Waals surface area (Å²) in [6.07, 6.45) is 1.43. The van der Waals surface area contributed by atoms with Gasteiger partial charge in [0.1, 0.15) is 11.4 Å². The Morgan fingerprint density at radius 3 is 2.83 bits per heavy atom. The molecule has 0 saturated heterocycles. The van der Waals surface area contributed by atoms with Crippen LogP contribution in [0.1, 0.15) is 27.2 Å². The standard InChI is InChI=1S/C18H16BrN3O2/c1-10-3-6-16(23)12(7-10)9-20-22-18(24)17-11(2)14-8-13(19)4-5-15(14)21-17/h3-9,21,23H,1-2H3,(H,22,24)/b20-9+. The topological polar surface area (TPSA) is 77.5 Å². The lowest BCUT2D eigenvalue weighted by atomic mass is 10.1. The number of amides is 1. The first-order valence-corrected chi connectivity index (χ1v) is 8.16. The largest absolute Gasteiger partial charge is 0.507 e. The molecule has 6 heteroatoms. The van der Waals surface area contributed by atoms with Crippen molar-refractivity contribution in [3.8, 4) is 5.75 Å². The van der Waals surface area contributed by atoms with E-state index in [1.54, 1.807) is 18.2 Å². The minimum Gasteiger partial charge on any atom is -0.507 e. The van der Waals surface area contributed by atoms with Gasteiger partial charge in [0.2, 0.25) is 0 Å². The lowest BCUT2D eigenvalue weighted by molar-refractivity contribution is 0.0950. The van der Waals surface area contributed by atoms with Crippen LogP contribution in [0.4, 0.5) is 0 Å². The molecule has 0 atom stereocenters. The third-order valence-electron chi connectivity index (χ3n) is 3.80. The number of rotatable bonds is 3. The van der Waals surface area contributed by atoms with Crippen LogP contribution in [0.2, 0.25) is 0 Å². The number of nitrogens with zero attached hydrogens (tertiary/aromatic N) is 1. The molecule has 0 saturated carbocycles. The SMILES string of the molecule is Cc1ccc(O)c(/C=N/NC(=O)c2[nH]c3ccc(Br)cc3c2C)c1. The number of aromatic amines is 1. The number of hydrazone groups is 1. The molecule has 24 heavy (non-hydrogen) atoms. The highest BCUT2D eigenvalue weighted by Crippen LogP contribution is 2.25. The lowest BCUT2D eigenvalue weighted by Crippen LogP contribution is -2.19. The van der Waals surface area contributed by atoms with Crippen LogP contribution in [0.5, 0.6) is 5.75 Å². The van der Waals surface area contributed by atoms with Gasteiger partial charge in [0, 0.05) is 20.9 Å². The second-order valence-electron chi connectivity index (χ2n) is 5.58. The molecule has 0 aliphatic carbocycles. The zero-order chi connectivity index (χ0) is 17.3. The quantitative estimate of drug-likeness (QED) is 0.470. The predicted octanol–water partition coefficient (Wildman–Crippen LogP) is 4.02. The van der Waals surface area contributed by atoms with Crippen molar-refractivity contribution < 1.29 is 9.90 Å². The highest BCUT2D eigenvalue weighted by Gasteiger charge is 2.14. The Hall–Kier alpha value is -2.60. The molecule has 0 spiro atoms. The van der Waals surface area contributed by atoms with Gasteiger partial charge in [0.15, 0.2) is 0 Å². The molecule has 0 aliphatic rings. The number of aromatic hydroxyl groups is 1. The minimum atomic E-state index is -0.330. The normalized spacial score (nSPS) is 11.3. The summed E-state index contributed by atoms with van der Waals surface area (Å²) in [5.41, 5.74) is 6.25. The summed E-state index contributed by atoms with van der Waals surface area (Å²) in [6, 6.07) is 11.0. The number of phenolic OH excluding ortho intramolecular Hbond substituents is 1. The fourth-order valence-corrected chi connectivity index (χ4v) is 2.88. The number of carbonyl (C=O) groups is 1. The van der Waals surface area contributed by atoms with E-state index in [1.807, 2.05) is 32.0 Å². The Labute approximate surface area is 147 Å². The molecule has 122 valence electrons. The maximum Gasteiger partial charge on any atom is 0.288 e. The molecule has 2 aromatic carbocycles. The number of aromatic nitrogens is 1. The van der Waals surface area contributed by atoms with Gasteiger partial charge < -0.3 is 10.1 Å². The van der Waals surface area contributed by atoms with E-state index in [0.29, 0.717) is 11.3 Å². The fraction of sp³-hybridized carbons (Fsp3) is 0.111. The summed E-state index contributed by atoms with van der Waals surface area (Å²) in [5.74, 6) is -0.214. The summed E-state index contributed by atoms with van der Waals surface area (Å²) >= 11 is 3.43. The van der Waals surface area contributed by atoms with Gasteiger partial charge in [0.05, 0.1) is 6.21 Å². The van der Waals surface area contributed by atoms with Crippen LogP contribution in [0.3, 0.4) is 0 Å². The van der Waals surface area contributed by atoms with Crippen LogP contribution in [-0.2, 0) is 0 Å². The molecule has 5 nitrogen and oxygen atoms in total. The molecule has 1 amide bonds. The van der Waals surface area contributed by atoms with Crippen molar-refractivity contribution in [2.75, 3.05) is 0 Å². The number of phenols is 1. The zero-order valence-corrected chi connectivity index (χ0v) is 14.8. The van der Waals surface area contributed by atoms with Gasteiger partial charge in [-0.15, -0.1) is 0 Å². The number of hydrogen-bond acceptors (Lipinski definition) is 3. The third-order valence-corrected chi connectivity index (χ3v) is 4.29. The van der Waals surface area contributed by atoms with Crippen molar-refractivity contribution in [2.24, 2.45) is 5.10 Å². The Kier molecular flexibility index (Phi) is 4.40. The van der Waals surface area contributed by atoms with Crippen molar-refractivity contribution in [1.29, 1.82) is 0 Å². The number of halogens is 1. The summed E-state index contributed by atoms with van der Waals surface area (Å²) in [4.78, 5) is 15.4. The fourth-order valence-electron chi connectivity index (χ4n) is 2.52. The number of aryl methyl sites for hydroxylation is 2. The monoisotopic (exact) mass is 385 g/mol. The van der Waals surface area contributed by atoms with Crippen LogP contribution in [0.15, 0.2) is 46.0 Å². The number of carbonyl (C=O) groups excluding carboxylic acids is 1. The van der Waals surface area contributed by atoms with Gasteiger partial charge in [-0.1, -0.05) is 27.6 Å². The average Bonchev–Trinajstić information content (AvgIpc) is 2.87. The first-order chi connectivity index (χ1) is 11.5. The van der Waals surface area contributed by atoms with Crippen molar-refractivity contribution in [3.05, 3.63) is 63.3 Å². The van der Waals surface area contributed by atoms with E-state index in [2.05, 4.69) is 31.4 Å². The zero-order valence-electron chi connectivity index (χ0n) is 13.2. The Balaban J connectivity index is 1.81. The third kappa shape index (κ3) is 3.19. The Bertz CT molecular complexity index is 960. The molecule has 3 rings (SSSR count). The van der Waals surface area contributed by atoms with E-state index in [9.17, 15) is 9.90 Å². The smallest absolute Gasteiger partial charge is 0.288 e. The Morgan fingerprint density at radius 2 is 2.04 bits per heavy atom. The summed E-state index contributed by atoms with van der Waals surface area (Å²) < 4.78 is 0.956. The van der Waals surface area contributed by atoms with Crippen molar-refractivity contribution in [1.82, 2.24) is 10.4 Å². The molecule has 3 N–H and O–H groups in total. The van der Waals surface area contributed by atoms with Crippen LogP contribution in [0, 0.1) is 13.8 Å². The van der Waals surface area contributed by atoms with E-state index in [4.69, 9.17) is 0 Å². The summed E-state index contributed by atoms with van der Waals surface area (Å²) in [7, 11) is 0. The highest BCUT2D eigenvalue weighted by atomic mass is 79.9. The molecule has 0 radical (unpaired) electrons. The van der Waals surface area contributed by atoms with Gasteiger partial charge in [0.25, 0.3) is 5.91 Å². The van der Waals surface area contributed by atoms with Crippen molar-refractivity contribution in [3.63, 3.8) is 0 Å². The lowest BCUT2D eigenvalue weighted by Gasteiger charge is -2.01. The molecule has 0 aliphatic heterocycles. The number of fused-ring (bicyclic) bond motifs is 1. The Morgan fingerprint density at radius 1 is 1.25 bits per heavy atom. The molecule has 0 unspecified atom stereocenters. The molecular weight excluding hydrogens is 370 g/mol. The van der Waals surface area contributed by atoms with Gasteiger partial charge in [-0.2, -0.15) is 5.10 Å². The van der Waals surface area contributed by atoms with E-state index in [0.717, 1.165) is 26.5 Å². The summed E-state index contributed by atoms with van der Waals surface area (Å²) in [6.45, 7) is 3.80. The maximum atomic E-state index is 12.3. The van der Waals surface area contributed by atoms with Crippen LogP contribution < -0.4 is 5.43 Å². The minimum absolute atomic E-state index is 0.116. The molecule has 1 aromatic heterocycles. The second-order valence-corrected chi connectivity index (χ2v) is 6.49. The first kappa shape index (κ1) is 16.3. The van der Waals surface area contributed by atoms with Crippen molar-refractivity contribution in [2.45, 2.75) is 13.8 Å².